The van der Waals surface area contributed by atoms with Crippen molar-refractivity contribution in [1.29, 1.82) is 0 Å². The molecule has 0 radical (unpaired) electrons. The lowest BCUT2D eigenvalue weighted by Crippen LogP contribution is -2.48. The van der Waals surface area contributed by atoms with Gasteiger partial charge in [0.05, 0.1) is 25.4 Å². The highest BCUT2D eigenvalue weighted by Gasteiger charge is 2.33. The van der Waals surface area contributed by atoms with E-state index in [1.807, 2.05) is 12.1 Å². The van der Waals surface area contributed by atoms with Crippen LogP contribution in [0, 0.1) is 11.6 Å². The average molecular weight is 414 g/mol. The molecule has 2 aromatic rings. The largest absolute Gasteiger partial charge is 0.372 e. The molecular weight excluding hydrogens is 386 g/mol. The van der Waals surface area contributed by atoms with E-state index in [1.54, 1.807) is 12.1 Å². The molecule has 30 heavy (non-hydrogen) atoms. The van der Waals surface area contributed by atoms with Gasteiger partial charge >= 0.3 is 0 Å². The summed E-state index contributed by atoms with van der Waals surface area (Å²) in [5, 5.41) is 6.66. The Morgan fingerprint density at radius 3 is 1.50 bits per heavy atom. The Kier molecular flexibility index (Phi) is 5.83. The Labute approximate surface area is 176 Å². The summed E-state index contributed by atoms with van der Waals surface area (Å²) in [5.74, 6) is -0.327. The number of hydrogen-bond donors (Lipinski definition) is 2. The van der Waals surface area contributed by atoms with Crippen molar-refractivity contribution in [2.24, 2.45) is 0 Å². The molecular formula is C24H28F2N2O2. The van der Waals surface area contributed by atoms with Crippen LogP contribution in [-0.2, 0) is 22.3 Å². The molecule has 0 unspecified atom stereocenters. The van der Waals surface area contributed by atoms with Gasteiger partial charge in [-0.15, -0.1) is 0 Å². The minimum absolute atomic E-state index is 0.0539. The number of hydrogen-bond acceptors (Lipinski definition) is 4. The second-order valence-corrected chi connectivity index (χ2v) is 8.47. The summed E-state index contributed by atoms with van der Waals surface area (Å²) < 4.78 is 37.8. The Morgan fingerprint density at radius 1 is 0.700 bits per heavy atom. The summed E-state index contributed by atoms with van der Waals surface area (Å²) in [6, 6.07) is 10.9. The van der Waals surface area contributed by atoms with Crippen molar-refractivity contribution >= 4 is 0 Å². The maximum atomic E-state index is 13.2. The van der Waals surface area contributed by atoms with Gasteiger partial charge < -0.3 is 20.1 Å². The molecule has 0 bridgehead atoms. The van der Waals surface area contributed by atoms with Crippen molar-refractivity contribution in [3.8, 4) is 0 Å². The summed E-state index contributed by atoms with van der Waals surface area (Å²) in [5.41, 5.74) is 4.56. The van der Waals surface area contributed by atoms with Crippen LogP contribution in [0.2, 0.25) is 0 Å². The van der Waals surface area contributed by atoms with E-state index in [0.29, 0.717) is 12.1 Å². The first kappa shape index (κ1) is 20.1. The fourth-order valence-electron chi connectivity index (χ4n) is 4.69. The van der Waals surface area contributed by atoms with Crippen LogP contribution in [0.3, 0.4) is 0 Å². The third-order valence-electron chi connectivity index (χ3n) is 6.62. The predicted octanol–water partition coefficient (Wildman–Crippen LogP) is 3.60. The number of nitrogens with one attached hydrogen (secondary N) is 2. The van der Waals surface area contributed by atoms with Gasteiger partial charge in [-0.3, -0.25) is 0 Å². The van der Waals surface area contributed by atoms with Gasteiger partial charge in [-0.2, -0.15) is 0 Å². The molecule has 2 fully saturated rings. The molecule has 2 aromatic carbocycles. The minimum atomic E-state index is -0.163. The maximum Gasteiger partial charge on any atom is 0.123 e. The van der Waals surface area contributed by atoms with E-state index < -0.39 is 0 Å². The lowest BCUT2D eigenvalue weighted by Gasteiger charge is -2.38. The zero-order chi connectivity index (χ0) is 20.5. The smallest absolute Gasteiger partial charge is 0.123 e. The SMILES string of the molecule is Fc1ccc2c(c1)[C@@H]([C@H]1CCN1)OCC2.Fc1ccc2c(c1)[C@H]([C@H]1CCN1)OCC2. The van der Waals surface area contributed by atoms with Crippen LogP contribution >= 0.6 is 0 Å². The van der Waals surface area contributed by atoms with Gasteiger partial charge in [0.2, 0.25) is 0 Å². The van der Waals surface area contributed by atoms with Crippen molar-refractivity contribution in [2.45, 2.75) is 50.0 Å². The van der Waals surface area contributed by atoms with E-state index in [0.717, 1.165) is 63.1 Å². The normalized spacial score (nSPS) is 29.4. The van der Waals surface area contributed by atoms with E-state index in [2.05, 4.69) is 10.6 Å². The molecule has 0 amide bonds. The highest BCUT2D eigenvalue weighted by molar-refractivity contribution is 5.34. The molecule has 2 N–H and O–H groups in total. The quantitative estimate of drug-likeness (QED) is 0.788. The number of ether oxygens (including phenoxy) is 2. The van der Waals surface area contributed by atoms with E-state index in [9.17, 15) is 8.78 Å². The number of fused-ring (bicyclic) bond motifs is 2. The molecule has 2 saturated heterocycles. The van der Waals surface area contributed by atoms with Crippen LogP contribution in [0.5, 0.6) is 0 Å². The fraction of sp³-hybridized carbons (Fsp3) is 0.500. The zero-order valence-corrected chi connectivity index (χ0v) is 17.0. The lowest BCUT2D eigenvalue weighted by atomic mass is 9.89. The molecule has 6 rings (SSSR count). The third kappa shape index (κ3) is 4.02. The Balaban J connectivity index is 0.000000128. The molecule has 4 heterocycles. The van der Waals surface area contributed by atoms with Crippen molar-refractivity contribution in [3.05, 3.63) is 70.3 Å². The van der Waals surface area contributed by atoms with Crippen molar-refractivity contribution < 1.29 is 18.3 Å². The van der Waals surface area contributed by atoms with Crippen LogP contribution in [-0.4, -0.2) is 38.4 Å². The molecule has 4 aliphatic heterocycles. The Morgan fingerprint density at radius 2 is 1.13 bits per heavy atom. The molecule has 0 aliphatic carbocycles. The first-order chi connectivity index (χ1) is 14.7. The Hall–Kier alpha value is -1.86. The third-order valence-corrected chi connectivity index (χ3v) is 6.62. The Bertz CT molecular complexity index is 825. The zero-order valence-electron chi connectivity index (χ0n) is 17.0. The van der Waals surface area contributed by atoms with Crippen LogP contribution in [0.4, 0.5) is 8.78 Å². The predicted molar refractivity (Wildman–Crippen MR) is 110 cm³/mol. The lowest BCUT2D eigenvalue weighted by molar-refractivity contribution is -0.00175. The van der Waals surface area contributed by atoms with Crippen LogP contribution < -0.4 is 10.6 Å². The van der Waals surface area contributed by atoms with E-state index in [-0.39, 0.29) is 23.8 Å². The van der Waals surface area contributed by atoms with Crippen molar-refractivity contribution in [1.82, 2.24) is 10.6 Å². The summed E-state index contributed by atoms with van der Waals surface area (Å²) >= 11 is 0. The summed E-state index contributed by atoms with van der Waals surface area (Å²) in [4.78, 5) is 0. The van der Waals surface area contributed by atoms with E-state index in [4.69, 9.17) is 9.47 Å². The summed E-state index contributed by atoms with van der Waals surface area (Å²) in [6.07, 6.45) is 4.16. The van der Waals surface area contributed by atoms with Crippen LogP contribution in [0.15, 0.2) is 36.4 Å². The molecule has 0 spiro atoms. The average Bonchev–Trinajstić information content (AvgIpc) is 2.67. The molecule has 0 aromatic heterocycles. The molecule has 4 nitrogen and oxygen atoms in total. The van der Waals surface area contributed by atoms with Crippen LogP contribution in [0.1, 0.15) is 47.3 Å². The number of benzene rings is 2. The fourth-order valence-corrected chi connectivity index (χ4v) is 4.69. The van der Waals surface area contributed by atoms with Gasteiger partial charge in [0.15, 0.2) is 0 Å². The number of rotatable bonds is 2. The molecule has 160 valence electrons. The molecule has 4 atom stereocenters. The number of halogens is 2. The van der Waals surface area contributed by atoms with Gasteiger partial charge in [-0.25, -0.2) is 8.78 Å². The molecule has 0 saturated carbocycles. The summed E-state index contributed by atoms with van der Waals surface area (Å²) in [7, 11) is 0. The van der Waals surface area contributed by atoms with Crippen molar-refractivity contribution in [2.75, 3.05) is 26.3 Å². The minimum Gasteiger partial charge on any atom is -0.372 e. The van der Waals surface area contributed by atoms with Crippen molar-refractivity contribution in [3.63, 3.8) is 0 Å². The second kappa shape index (κ2) is 8.71. The maximum absolute atomic E-state index is 13.2. The van der Waals surface area contributed by atoms with Crippen LogP contribution in [0.25, 0.3) is 0 Å². The molecule has 4 aliphatic rings. The van der Waals surface area contributed by atoms with Gasteiger partial charge in [-0.1, -0.05) is 12.1 Å². The van der Waals surface area contributed by atoms with Gasteiger partial charge in [0.25, 0.3) is 0 Å². The first-order valence-corrected chi connectivity index (χ1v) is 11.0. The van der Waals surface area contributed by atoms with Gasteiger partial charge in [0, 0.05) is 12.1 Å². The van der Waals surface area contributed by atoms with E-state index >= 15 is 0 Å². The highest BCUT2D eigenvalue weighted by Crippen LogP contribution is 2.34. The monoisotopic (exact) mass is 414 g/mol. The summed E-state index contributed by atoms with van der Waals surface area (Å²) in [6.45, 7) is 3.60. The highest BCUT2D eigenvalue weighted by atomic mass is 19.1. The van der Waals surface area contributed by atoms with E-state index in [1.165, 1.54) is 23.3 Å². The first-order valence-electron chi connectivity index (χ1n) is 11.0. The van der Waals surface area contributed by atoms with Gasteiger partial charge in [0.1, 0.15) is 11.6 Å². The standard InChI is InChI=1S/2C12H14FNO/c2*13-9-2-1-8-4-6-15-12(10(8)7-9)11-3-5-14-11/h2*1-2,7,11-12,14H,3-6H2/t11-,12+;11-,12-/m11/s1. The topological polar surface area (TPSA) is 42.5 Å². The van der Waals surface area contributed by atoms with Gasteiger partial charge in [-0.05, 0) is 85.3 Å². The second-order valence-electron chi connectivity index (χ2n) is 8.47. The molecule has 6 heteroatoms.